The summed E-state index contributed by atoms with van der Waals surface area (Å²) in [6, 6.07) is 4.65. The number of nitrogens with zero attached hydrogens (tertiary/aromatic N) is 1. The van der Waals surface area contributed by atoms with Crippen molar-refractivity contribution in [2.45, 2.75) is 6.92 Å². The Morgan fingerprint density at radius 3 is 2.81 bits per heavy atom. The minimum atomic E-state index is -0.373. The van der Waals surface area contributed by atoms with E-state index in [4.69, 9.17) is 23.2 Å². The van der Waals surface area contributed by atoms with Crippen LogP contribution in [0.1, 0.15) is 17.3 Å². The number of carbonyl (C=O) groups excluding carboxylic acids is 1. The lowest BCUT2D eigenvalue weighted by Crippen LogP contribution is -2.17. The highest BCUT2D eigenvalue weighted by molar-refractivity contribution is 6.36. The van der Waals surface area contributed by atoms with Crippen molar-refractivity contribution < 1.29 is 4.79 Å². The second-order valence-corrected chi connectivity index (χ2v) is 3.71. The van der Waals surface area contributed by atoms with E-state index < -0.39 is 0 Å². The summed E-state index contributed by atoms with van der Waals surface area (Å²) in [7, 11) is 0. The van der Waals surface area contributed by atoms with Crippen molar-refractivity contribution in [1.29, 1.82) is 0 Å². The summed E-state index contributed by atoms with van der Waals surface area (Å²) in [5, 5.41) is 4.48. The van der Waals surface area contributed by atoms with Gasteiger partial charge in [0.2, 0.25) is 0 Å². The van der Waals surface area contributed by atoms with Gasteiger partial charge in [-0.3, -0.25) is 4.79 Å². The third kappa shape index (κ3) is 3.68. The maximum atomic E-state index is 11.6. The molecule has 0 aliphatic heterocycles. The van der Waals surface area contributed by atoms with Crippen molar-refractivity contribution >= 4 is 35.3 Å². The zero-order chi connectivity index (χ0) is 12.0. The first kappa shape index (κ1) is 12.7. The molecule has 0 atom stereocenters. The molecule has 3 nitrogen and oxygen atoms in total. The summed E-state index contributed by atoms with van der Waals surface area (Å²) in [6.45, 7) is 1.85. The van der Waals surface area contributed by atoms with Crippen LogP contribution in [-0.4, -0.2) is 12.1 Å². The number of benzene rings is 1. The van der Waals surface area contributed by atoms with E-state index in [0.29, 0.717) is 15.6 Å². The average molecular weight is 257 g/mol. The molecule has 0 radical (unpaired) electrons. The molecule has 1 aromatic rings. The molecule has 0 unspecified atom stereocenters. The molecule has 1 rings (SSSR count). The fourth-order valence-electron chi connectivity index (χ4n) is 0.959. The van der Waals surface area contributed by atoms with E-state index >= 15 is 0 Å². The molecule has 0 heterocycles. The quantitative estimate of drug-likeness (QED) is 0.655. The van der Waals surface area contributed by atoms with Crippen LogP contribution >= 0.6 is 23.2 Å². The van der Waals surface area contributed by atoms with Crippen LogP contribution in [0, 0.1) is 0 Å². The second kappa shape index (κ2) is 6.30. The van der Waals surface area contributed by atoms with Crippen molar-refractivity contribution in [3.05, 3.63) is 46.0 Å². The van der Waals surface area contributed by atoms with Gasteiger partial charge in [0.1, 0.15) is 0 Å². The van der Waals surface area contributed by atoms with Gasteiger partial charge in [0.25, 0.3) is 5.91 Å². The van der Waals surface area contributed by atoms with Crippen molar-refractivity contribution in [1.82, 2.24) is 5.43 Å². The Labute approximate surface area is 104 Å². The van der Waals surface area contributed by atoms with Gasteiger partial charge >= 0.3 is 0 Å². The highest BCUT2D eigenvalue weighted by atomic mass is 35.5. The minimum absolute atomic E-state index is 0.297. The number of allylic oxidation sites excluding steroid dienone is 2. The van der Waals surface area contributed by atoms with Gasteiger partial charge < -0.3 is 0 Å². The molecule has 1 amide bonds. The second-order valence-electron chi connectivity index (χ2n) is 2.87. The van der Waals surface area contributed by atoms with Gasteiger partial charge in [-0.05, 0) is 31.2 Å². The van der Waals surface area contributed by atoms with Crippen LogP contribution in [0.5, 0.6) is 0 Å². The highest BCUT2D eigenvalue weighted by Crippen LogP contribution is 2.20. The van der Waals surface area contributed by atoms with E-state index in [1.54, 1.807) is 24.3 Å². The number of hydrazone groups is 1. The Bertz CT molecular complexity index is 442. The normalized spacial score (nSPS) is 11.2. The Balaban J connectivity index is 2.73. The van der Waals surface area contributed by atoms with Gasteiger partial charge in [-0.25, -0.2) is 5.43 Å². The van der Waals surface area contributed by atoms with E-state index in [9.17, 15) is 4.79 Å². The maximum Gasteiger partial charge on any atom is 0.272 e. The van der Waals surface area contributed by atoms with Crippen LogP contribution in [0.25, 0.3) is 0 Å². The lowest BCUT2D eigenvalue weighted by atomic mass is 10.2. The number of nitrogens with one attached hydrogen (secondary N) is 1. The summed E-state index contributed by atoms with van der Waals surface area (Å²) in [6.07, 6.45) is 4.97. The number of hydrogen-bond acceptors (Lipinski definition) is 2. The number of hydrogen-bond donors (Lipinski definition) is 1. The van der Waals surface area contributed by atoms with E-state index in [2.05, 4.69) is 10.5 Å². The molecular weight excluding hydrogens is 247 g/mol. The molecule has 0 spiro atoms. The van der Waals surface area contributed by atoms with E-state index in [0.717, 1.165) is 0 Å². The molecule has 1 N–H and O–H groups in total. The van der Waals surface area contributed by atoms with Crippen LogP contribution in [0.4, 0.5) is 0 Å². The van der Waals surface area contributed by atoms with Gasteiger partial charge in [-0.15, -0.1) is 0 Å². The zero-order valence-corrected chi connectivity index (χ0v) is 10.1. The van der Waals surface area contributed by atoms with Crippen LogP contribution in [-0.2, 0) is 0 Å². The molecule has 0 aliphatic rings. The third-order valence-corrected chi connectivity index (χ3v) is 2.24. The lowest BCUT2D eigenvalue weighted by molar-refractivity contribution is 0.0955. The lowest BCUT2D eigenvalue weighted by Gasteiger charge is -2.02. The predicted octanol–water partition coefficient (Wildman–Crippen LogP) is 3.29. The van der Waals surface area contributed by atoms with Crippen molar-refractivity contribution in [3.8, 4) is 0 Å². The summed E-state index contributed by atoms with van der Waals surface area (Å²) in [5.74, 6) is -0.373. The number of carbonyl (C=O) groups is 1. The molecule has 0 saturated heterocycles. The Hall–Kier alpha value is -1.32. The Kier molecular flexibility index (Phi) is 5.02. The molecule has 84 valence electrons. The summed E-state index contributed by atoms with van der Waals surface area (Å²) >= 11 is 11.6. The summed E-state index contributed by atoms with van der Waals surface area (Å²) < 4.78 is 0. The monoisotopic (exact) mass is 256 g/mol. The molecule has 0 fully saturated rings. The van der Waals surface area contributed by atoms with Crippen molar-refractivity contribution in [3.63, 3.8) is 0 Å². The minimum Gasteiger partial charge on any atom is -0.267 e. The highest BCUT2D eigenvalue weighted by Gasteiger charge is 2.09. The third-order valence-electron chi connectivity index (χ3n) is 1.69. The van der Waals surface area contributed by atoms with Gasteiger partial charge in [-0.1, -0.05) is 29.3 Å². The van der Waals surface area contributed by atoms with E-state index in [1.807, 2.05) is 6.92 Å². The first-order valence-electron chi connectivity index (χ1n) is 4.55. The number of rotatable bonds is 3. The van der Waals surface area contributed by atoms with Crippen LogP contribution in [0.15, 0.2) is 35.5 Å². The Morgan fingerprint density at radius 2 is 2.19 bits per heavy atom. The Morgan fingerprint density at radius 1 is 1.44 bits per heavy atom. The molecule has 0 saturated carbocycles. The first-order chi connectivity index (χ1) is 7.65. The van der Waals surface area contributed by atoms with E-state index in [1.165, 1.54) is 12.3 Å². The van der Waals surface area contributed by atoms with Gasteiger partial charge in [0.05, 0.1) is 10.6 Å². The fourth-order valence-corrected chi connectivity index (χ4v) is 1.45. The molecule has 16 heavy (non-hydrogen) atoms. The molecular formula is C11H10Cl2N2O. The molecule has 1 aromatic carbocycles. The zero-order valence-electron chi connectivity index (χ0n) is 8.58. The SMILES string of the molecule is CC=CC=NNC(=O)c1ccc(Cl)cc1Cl. The maximum absolute atomic E-state index is 11.6. The van der Waals surface area contributed by atoms with Crippen LogP contribution in [0.2, 0.25) is 10.0 Å². The predicted molar refractivity (Wildman–Crippen MR) is 67.2 cm³/mol. The van der Waals surface area contributed by atoms with Crippen LogP contribution in [0.3, 0.4) is 0 Å². The van der Waals surface area contributed by atoms with Gasteiger partial charge in [0.15, 0.2) is 0 Å². The summed E-state index contributed by atoms with van der Waals surface area (Å²) in [4.78, 5) is 11.6. The average Bonchev–Trinajstić information content (AvgIpc) is 2.24. The van der Waals surface area contributed by atoms with Gasteiger partial charge in [0, 0.05) is 11.2 Å². The topological polar surface area (TPSA) is 41.5 Å². The number of halogens is 2. The van der Waals surface area contributed by atoms with Gasteiger partial charge in [-0.2, -0.15) is 5.10 Å². The van der Waals surface area contributed by atoms with Crippen molar-refractivity contribution in [2.75, 3.05) is 0 Å². The molecule has 0 bridgehead atoms. The smallest absolute Gasteiger partial charge is 0.267 e. The summed E-state index contributed by atoms with van der Waals surface area (Å²) in [5.41, 5.74) is 2.68. The number of amides is 1. The standard InChI is InChI=1S/C11H10Cl2N2O/c1-2-3-6-14-15-11(16)9-5-4-8(12)7-10(9)13/h2-7H,1H3,(H,15,16). The first-order valence-corrected chi connectivity index (χ1v) is 5.30. The fraction of sp³-hybridized carbons (Fsp3) is 0.0909. The molecule has 5 heteroatoms. The van der Waals surface area contributed by atoms with E-state index in [-0.39, 0.29) is 5.91 Å². The molecule has 0 aliphatic carbocycles. The van der Waals surface area contributed by atoms with Crippen molar-refractivity contribution in [2.24, 2.45) is 5.10 Å². The molecule has 0 aromatic heterocycles. The van der Waals surface area contributed by atoms with Crippen LogP contribution < -0.4 is 5.43 Å². The largest absolute Gasteiger partial charge is 0.272 e.